The summed E-state index contributed by atoms with van der Waals surface area (Å²) in [5, 5.41) is 0. The minimum absolute atomic E-state index is 0.0664. The Bertz CT molecular complexity index is 437. The van der Waals surface area contributed by atoms with Crippen LogP contribution in [0.5, 0.6) is 0 Å². The molecule has 2 aliphatic carbocycles. The molecule has 2 fully saturated rings. The maximum Gasteiger partial charge on any atom is 0.109 e. The van der Waals surface area contributed by atoms with Gasteiger partial charge in [-0.25, -0.2) is 0 Å². The Morgan fingerprint density at radius 3 is 2.33 bits per heavy atom. The van der Waals surface area contributed by atoms with Crippen molar-refractivity contribution in [1.29, 1.82) is 0 Å². The fourth-order valence-corrected chi connectivity index (χ4v) is 5.21. The molecule has 2 saturated carbocycles. The molecular formula is C23H40O. The largest absolute Gasteiger partial charge is 0.492 e. The van der Waals surface area contributed by atoms with E-state index in [4.69, 9.17) is 4.74 Å². The lowest BCUT2D eigenvalue weighted by atomic mass is 9.71. The van der Waals surface area contributed by atoms with Gasteiger partial charge in [0, 0.05) is 11.8 Å². The van der Waals surface area contributed by atoms with E-state index in [9.17, 15) is 0 Å². The standard InChI is InChI=1S/C23H40O/c1-7-9-10-21(8-2)18(3)11-12-19(4)24-22(5,6)23-15-13-20(17-23)14-16-23/h20-21H,3-4,7-17H2,1-2,5-6H3. The molecule has 0 aromatic carbocycles. The lowest BCUT2D eigenvalue weighted by Crippen LogP contribution is -2.42. The van der Waals surface area contributed by atoms with Gasteiger partial charge in [0.15, 0.2) is 0 Å². The highest BCUT2D eigenvalue weighted by atomic mass is 16.5. The van der Waals surface area contributed by atoms with E-state index in [1.807, 2.05) is 0 Å². The Morgan fingerprint density at radius 1 is 1.17 bits per heavy atom. The summed E-state index contributed by atoms with van der Waals surface area (Å²) in [6, 6.07) is 0. The number of fused-ring (bicyclic) bond motifs is 2. The molecule has 1 heteroatoms. The van der Waals surface area contributed by atoms with E-state index in [-0.39, 0.29) is 5.60 Å². The molecule has 0 spiro atoms. The van der Waals surface area contributed by atoms with E-state index >= 15 is 0 Å². The maximum absolute atomic E-state index is 6.45. The number of hydrogen-bond donors (Lipinski definition) is 0. The third-order valence-corrected chi connectivity index (χ3v) is 7.12. The zero-order chi connectivity index (χ0) is 17.8. The Hall–Kier alpha value is -0.720. The lowest BCUT2D eigenvalue weighted by molar-refractivity contribution is -0.0766. The van der Waals surface area contributed by atoms with E-state index in [1.54, 1.807) is 0 Å². The van der Waals surface area contributed by atoms with Gasteiger partial charge >= 0.3 is 0 Å². The first kappa shape index (κ1) is 19.6. The predicted octanol–water partition coefficient (Wildman–Crippen LogP) is 7.43. The van der Waals surface area contributed by atoms with E-state index < -0.39 is 0 Å². The summed E-state index contributed by atoms with van der Waals surface area (Å²) >= 11 is 0. The van der Waals surface area contributed by atoms with Gasteiger partial charge in [-0.15, -0.1) is 0 Å². The van der Waals surface area contributed by atoms with Crippen molar-refractivity contribution in [3.8, 4) is 0 Å². The molecule has 0 radical (unpaired) electrons. The molecule has 2 bridgehead atoms. The number of allylic oxidation sites excluding steroid dienone is 2. The van der Waals surface area contributed by atoms with Crippen molar-refractivity contribution >= 4 is 0 Å². The first-order valence-electron chi connectivity index (χ1n) is 10.4. The van der Waals surface area contributed by atoms with E-state index in [0.717, 1.165) is 24.5 Å². The van der Waals surface area contributed by atoms with Gasteiger partial charge in [0.25, 0.3) is 0 Å². The first-order chi connectivity index (χ1) is 11.3. The van der Waals surface area contributed by atoms with Gasteiger partial charge in [-0.05, 0) is 77.0 Å². The van der Waals surface area contributed by atoms with Crippen molar-refractivity contribution in [2.24, 2.45) is 17.3 Å². The van der Waals surface area contributed by atoms with Gasteiger partial charge < -0.3 is 4.74 Å². The van der Waals surface area contributed by atoms with Gasteiger partial charge in [-0.1, -0.05) is 45.4 Å². The molecule has 1 unspecified atom stereocenters. The van der Waals surface area contributed by atoms with Crippen molar-refractivity contribution in [2.45, 2.75) is 104 Å². The zero-order valence-corrected chi connectivity index (χ0v) is 16.8. The fraction of sp³-hybridized carbons (Fsp3) is 0.826. The second-order valence-corrected chi connectivity index (χ2v) is 8.98. The maximum atomic E-state index is 6.45. The molecule has 0 aromatic heterocycles. The zero-order valence-electron chi connectivity index (χ0n) is 16.8. The monoisotopic (exact) mass is 332 g/mol. The second kappa shape index (κ2) is 8.11. The summed E-state index contributed by atoms with van der Waals surface area (Å²) in [6.45, 7) is 17.8. The number of ether oxygens (including phenoxy) is 1. The molecule has 1 atom stereocenters. The Labute approximate surface area is 150 Å². The molecule has 2 aliphatic rings. The summed E-state index contributed by atoms with van der Waals surface area (Å²) in [4.78, 5) is 0. The Kier molecular flexibility index (Phi) is 6.62. The van der Waals surface area contributed by atoms with E-state index in [0.29, 0.717) is 11.3 Å². The molecule has 24 heavy (non-hydrogen) atoms. The van der Waals surface area contributed by atoms with Crippen molar-refractivity contribution in [2.75, 3.05) is 0 Å². The van der Waals surface area contributed by atoms with Crippen LogP contribution in [0.1, 0.15) is 98.3 Å². The van der Waals surface area contributed by atoms with E-state index in [1.165, 1.54) is 63.4 Å². The van der Waals surface area contributed by atoms with Gasteiger partial charge in [0.05, 0.1) is 5.76 Å². The number of rotatable bonds is 11. The molecule has 0 heterocycles. The molecule has 0 saturated heterocycles. The topological polar surface area (TPSA) is 9.23 Å². The molecule has 0 aromatic rings. The summed E-state index contributed by atoms with van der Waals surface area (Å²) in [5.74, 6) is 2.61. The van der Waals surface area contributed by atoms with Crippen LogP contribution in [0.3, 0.4) is 0 Å². The van der Waals surface area contributed by atoms with Crippen LogP contribution in [0.2, 0.25) is 0 Å². The van der Waals surface area contributed by atoms with Crippen molar-refractivity contribution in [3.63, 3.8) is 0 Å². The first-order valence-corrected chi connectivity index (χ1v) is 10.4. The molecule has 1 nitrogen and oxygen atoms in total. The summed E-state index contributed by atoms with van der Waals surface area (Å²) in [6.07, 6.45) is 13.9. The third-order valence-electron chi connectivity index (χ3n) is 7.12. The summed E-state index contributed by atoms with van der Waals surface area (Å²) in [5.41, 5.74) is 1.74. The van der Waals surface area contributed by atoms with Crippen LogP contribution in [-0.4, -0.2) is 5.60 Å². The highest BCUT2D eigenvalue weighted by Crippen LogP contribution is 2.60. The van der Waals surface area contributed by atoms with Crippen LogP contribution in [0, 0.1) is 17.3 Å². The van der Waals surface area contributed by atoms with Gasteiger partial charge in [0.2, 0.25) is 0 Å². The van der Waals surface area contributed by atoms with Crippen LogP contribution in [0.15, 0.2) is 24.5 Å². The molecule has 0 amide bonds. The van der Waals surface area contributed by atoms with Gasteiger partial charge in [0.1, 0.15) is 5.60 Å². The predicted molar refractivity (Wildman–Crippen MR) is 105 cm³/mol. The minimum atomic E-state index is -0.0664. The highest BCUT2D eigenvalue weighted by molar-refractivity contribution is 5.08. The minimum Gasteiger partial charge on any atom is -0.492 e. The lowest BCUT2D eigenvalue weighted by Gasteiger charge is -2.43. The summed E-state index contributed by atoms with van der Waals surface area (Å²) < 4.78 is 6.45. The fourth-order valence-electron chi connectivity index (χ4n) is 5.21. The Morgan fingerprint density at radius 2 is 1.83 bits per heavy atom. The van der Waals surface area contributed by atoms with Crippen molar-refractivity contribution < 1.29 is 4.74 Å². The third kappa shape index (κ3) is 4.27. The van der Waals surface area contributed by atoms with Crippen LogP contribution >= 0.6 is 0 Å². The molecular weight excluding hydrogens is 292 g/mol. The van der Waals surface area contributed by atoms with Crippen molar-refractivity contribution in [3.05, 3.63) is 24.5 Å². The van der Waals surface area contributed by atoms with Gasteiger partial charge in [-0.3, -0.25) is 0 Å². The smallest absolute Gasteiger partial charge is 0.109 e. The van der Waals surface area contributed by atoms with Crippen LogP contribution in [-0.2, 0) is 4.74 Å². The van der Waals surface area contributed by atoms with Crippen LogP contribution < -0.4 is 0 Å². The molecule has 0 aliphatic heterocycles. The average Bonchev–Trinajstić information content (AvgIpc) is 3.16. The van der Waals surface area contributed by atoms with Gasteiger partial charge in [-0.2, -0.15) is 0 Å². The quantitative estimate of drug-likeness (QED) is 0.282. The molecule has 0 N–H and O–H groups in total. The molecule has 138 valence electrons. The molecule has 2 rings (SSSR count). The summed E-state index contributed by atoms with van der Waals surface area (Å²) in [7, 11) is 0. The number of unbranched alkanes of at least 4 members (excludes halogenated alkanes) is 1. The normalized spacial score (nSPS) is 27.2. The van der Waals surface area contributed by atoms with Crippen LogP contribution in [0.25, 0.3) is 0 Å². The average molecular weight is 333 g/mol. The van der Waals surface area contributed by atoms with E-state index in [2.05, 4.69) is 40.9 Å². The van der Waals surface area contributed by atoms with Crippen LogP contribution in [0.4, 0.5) is 0 Å². The second-order valence-electron chi connectivity index (χ2n) is 8.98. The number of hydrogen-bond acceptors (Lipinski definition) is 1. The highest BCUT2D eigenvalue weighted by Gasteiger charge is 2.55. The van der Waals surface area contributed by atoms with Crippen molar-refractivity contribution in [1.82, 2.24) is 0 Å². The SMILES string of the molecule is C=C(CCC(=C)C(CC)CCCC)OC(C)(C)C12CCC(CC1)C2. The Balaban J connectivity index is 1.81.